The van der Waals surface area contributed by atoms with Crippen LogP contribution in [0.2, 0.25) is 0 Å². The zero-order chi connectivity index (χ0) is 15.1. The molecule has 0 aliphatic rings. The molecular formula is C16H20N2O3. The number of unbranched alkanes of at least 4 members (excludes halogenated alkanes) is 2. The standard InChI is InChI=1S/C16H20N2O3/c1-21-10-6-2-5-9-17-14-11-15(16(19)20)18-13-8-4-3-7-12(13)14/h3-4,7-8,11H,2,5-6,9-10H2,1H3,(H,17,18)(H,19,20). The minimum atomic E-state index is -1.01. The molecule has 0 aliphatic heterocycles. The van der Waals surface area contributed by atoms with Crippen molar-refractivity contribution in [3.05, 3.63) is 36.0 Å². The van der Waals surface area contributed by atoms with Gasteiger partial charge in [0.2, 0.25) is 0 Å². The van der Waals surface area contributed by atoms with E-state index in [0.29, 0.717) is 5.52 Å². The van der Waals surface area contributed by atoms with Crippen LogP contribution in [0.25, 0.3) is 10.9 Å². The molecule has 0 fully saturated rings. The number of hydrogen-bond acceptors (Lipinski definition) is 4. The van der Waals surface area contributed by atoms with Gasteiger partial charge < -0.3 is 15.2 Å². The lowest BCUT2D eigenvalue weighted by atomic mass is 10.1. The highest BCUT2D eigenvalue weighted by Gasteiger charge is 2.10. The van der Waals surface area contributed by atoms with Crippen LogP contribution in [0.15, 0.2) is 30.3 Å². The van der Waals surface area contributed by atoms with Crippen molar-refractivity contribution in [1.82, 2.24) is 4.98 Å². The first-order valence-electron chi connectivity index (χ1n) is 7.08. The minimum Gasteiger partial charge on any atom is -0.477 e. The van der Waals surface area contributed by atoms with Crippen molar-refractivity contribution in [2.24, 2.45) is 0 Å². The van der Waals surface area contributed by atoms with E-state index in [1.165, 1.54) is 0 Å². The lowest BCUT2D eigenvalue weighted by molar-refractivity contribution is 0.0691. The number of carbonyl (C=O) groups is 1. The lowest BCUT2D eigenvalue weighted by Gasteiger charge is -2.10. The number of methoxy groups -OCH3 is 1. The third-order valence-corrected chi connectivity index (χ3v) is 3.28. The van der Waals surface area contributed by atoms with Crippen molar-refractivity contribution in [2.75, 3.05) is 25.6 Å². The van der Waals surface area contributed by atoms with Gasteiger partial charge in [0.1, 0.15) is 0 Å². The van der Waals surface area contributed by atoms with Crippen molar-refractivity contribution in [3.63, 3.8) is 0 Å². The highest BCUT2D eigenvalue weighted by atomic mass is 16.5. The number of para-hydroxylation sites is 1. The Balaban J connectivity index is 2.08. The topological polar surface area (TPSA) is 71.5 Å². The van der Waals surface area contributed by atoms with Gasteiger partial charge in [-0.05, 0) is 31.4 Å². The number of nitrogens with zero attached hydrogens (tertiary/aromatic N) is 1. The first-order valence-corrected chi connectivity index (χ1v) is 7.08. The van der Waals surface area contributed by atoms with Crippen LogP contribution in [0.1, 0.15) is 29.8 Å². The first-order chi connectivity index (χ1) is 10.2. The summed E-state index contributed by atoms with van der Waals surface area (Å²) in [6.45, 7) is 1.58. The maximum Gasteiger partial charge on any atom is 0.354 e. The molecule has 2 rings (SSSR count). The molecule has 112 valence electrons. The van der Waals surface area contributed by atoms with E-state index in [2.05, 4.69) is 10.3 Å². The van der Waals surface area contributed by atoms with Crippen LogP contribution in [0, 0.1) is 0 Å². The molecule has 0 saturated heterocycles. The summed E-state index contributed by atoms with van der Waals surface area (Å²) in [6.07, 6.45) is 3.13. The van der Waals surface area contributed by atoms with Gasteiger partial charge in [0.15, 0.2) is 5.69 Å². The first kappa shape index (κ1) is 15.3. The molecule has 5 nitrogen and oxygen atoms in total. The fraction of sp³-hybridized carbons (Fsp3) is 0.375. The van der Waals surface area contributed by atoms with Gasteiger partial charge in [0.25, 0.3) is 0 Å². The average Bonchev–Trinajstić information content (AvgIpc) is 2.50. The quantitative estimate of drug-likeness (QED) is 0.730. The fourth-order valence-electron chi connectivity index (χ4n) is 2.20. The minimum absolute atomic E-state index is 0.0654. The van der Waals surface area contributed by atoms with Gasteiger partial charge in [0, 0.05) is 31.3 Å². The smallest absolute Gasteiger partial charge is 0.354 e. The maximum atomic E-state index is 11.1. The molecule has 1 heterocycles. The number of pyridine rings is 1. The summed E-state index contributed by atoms with van der Waals surface area (Å²) in [5.74, 6) is -1.01. The van der Waals surface area contributed by atoms with Gasteiger partial charge in [0.05, 0.1) is 5.52 Å². The molecule has 5 heteroatoms. The van der Waals surface area contributed by atoms with Crippen LogP contribution in [0.3, 0.4) is 0 Å². The predicted octanol–water partition coefficient (Wildman–Crippen LogP) is 3.16. The summed E-state index contributed by atoms with van der Waals surface area (Å²) < 4.78 is 5.01. The zero-order valence-electron chi connectivity index (χ0n) is 12.1. The normalized spacial score (nSPS) is 10.7. The number of anilines is 1. The van der Waals surface area contributed by atoms with Crippen molar-refractivity contribution >= 4 is 22.6 Å². The maximum absolute atomic E-state index is 11.1. The molecule has 0 aliphatic carbocycles. The average molecular weight is 288 g/mol. The van der Waals surface area contributed by atoms with E-state index in [1.807, 2.05) is 24.3 Å². The number of aromatic carboxylic acids is 1. The van der Waals surface area contributed by atoms with Crippen LogP contribution < -0.4 is 5.32 Å². The molecule has 2 N–H and O–H groups in total. The third kappa shape index (κ3) is 4.16. The number of ether oxygens (including phenoxy) is 1. The summed E-state index contributed by atoms with van der Waals surface area (Å²) in [4.78, 5) is 15.3. The summed E-state index contributed by atoms with van der Waals surface area (Å²) in [5.41, 5.74) is 1.58. The van der Waals surface area contributed by atoms with Crippen molar-refractivity contribution < 1.29 is 14.6 Å². The highest BCUT2D eigenvalue weighted by molar-refractivity contribution is 5.97. The Labute approximate surface area is 124 Å². The van der Waals surface area contributed by atoms with Gasteiger partial charge in [-0.3, -0.25) is 0 Å². The molecule has 0 amide bonds. The summed E-state index contributed by atoms with van der Waals surface area (Å²) in [7, 11) is 1.70. The Bertz CT molecular complexity index is 613. The number of rotatable bonds is 8. The third-order valence-electron chi connectivity index (χ3n) is 3.28. The van der Waals surface area contributed by atoms with Crippen molar-refractivity contribution in [3.8, 4) is 0 Å². The second kappa shape index (κ2) is 7.59. The Morgan fingerprint density at radius 1 is 1.29 bits per heavy atom. The largest absolute Gasteiger partial charge is 0.477 e. The van der Waals surface area contributed by atoms with Gasteiger partial charge in [-0.25, -0.2) is 9.78 Å². The molecule has 1 aromatic heterocycles. The second-order valence-corrected chi connectivity index (χ2v) is 4.86. The highest BCUT2D eigenvalue weighted by Crippen LogP contribution is 2.23. The van der Waals surface area contributed by atoms with E-state index >= 15 is 0 Å². The van der Waals surface area contributed by atoms with E-state index in [4.69, 9.17) is 9.84 Å². The summed E-state index contributed by atoms with van der Waals surface area (Å²) >= 11 is 0. The number of hydrogen-bond donors (Lipinski definition) is 2. The monoisotopic (exact) mass is 288 g/mol. The van der Waals surface area contributed by atoms with Gasteiger partial charge in [-0.2, -0.15) is 0 Å². The molecular weight excluding hydrogens is 268 g/mol. The Hall–Kier alpha value is -2.14. The van der Waals surface area contributed by atoms with E-state index in [0.717, 1.165) is 43.5 Å². The van der Waals surface area contributed by atoms with Crippen molar-refractivity contribution in [2.45, 2.75) is 19.3 Å². The van der Waals surface area contributed by atoms with Crippen LogP contribution in [-0.4, -0.2) is 36.3 Å². The van der Waals surface area contributed by atoms with E-state index in [1.54, 1.807) is 13.2 Å². The molecule has 0 spiro atoms. The van der Waals surface area contributed by atoms with Gasteiger partial charge in [-0.1, -0.05) is 18.2 Å². The number of aromatic nitrogens is 1. The van der Waals surface area contributed by atoms with Gasteiger partial charge >= 0.3 is 5.97 Å². The lowest BCUT2D eigenvalue weighted by Crippen LogP contribution is -2.06. The van der Waals surface area contributed by atoms with E-state index in [-0.39, 0.29) is 5.69 Å². The Morgan fingerprint density at radius 3 is 2.86 bits per heavy atom. The Morgan fingerprint density at radius 2 is 2.10 bits per heavy atom. The molecule has 0 bridgehead atoms. The number of carboxylic acid groups (broad SMARTS) is 1. The molecule has 2 aromatic rings. The molecule has 0 radical (unpaired) electrons. The molecule has 0 saturated carbocycles. The van der Waals surface area contributed by atoms with E-state index in [9.17, 15) is 4.79 Å². The predicted molar refractivity (Wildman–Crippen MR) is 82.9 cm³/mol. The molecule has 21 heavy (non-hydrogen) atoms. The fourth-order valence-corrected chi connectivity index (χ4v) is 2.20. The second-order valence-electron chi connectivity index (χ2n) is 4.86. The molecule has 1 aromatic carbocycles. The van der Waals surface area contributed by atoms with Crippen LogP contribution in [-0.2, 0) is 4.74 Å². The zero-order valence-corrected chi connectivity index (χ0v) is 12.1. The summed E-state index contributed by atoms with van der Waals surface area (Å²) in [6, 6.07) is 9.15. The van der Waals surface area contributed by atoms with Crippen LogP contribution in [0.4, 0.5) is 5.69 Å². The van der Waals surface area contributed by atoms with Crippen LogP contribution in [0.5, 0.6) is 0 Å². The van der Waals surface area contributed by atoms with Gasteiger partial charge in [-0.15, -0.1) is 0 Å². The molecule has 0 atom stereocenters. The SMILES string of the molecule is COCCCCCNc1cc(C(=O)O)nc2ccccc12. The number of fused-ring (bicyclic) bond motifs is 1. The van der Waals surface area contributed by atoms with Crippen LogP contribution >= 0.6 is 0 Å². The summed E-state index contributed by atoms with van der Waals surface area (Å²) in [5, 5.41) is 13.4. The number of carboxylic acids is 1. The Kier molecular flexibility index (Phi) is 5.51. The number of nitrogens with one attached hydrogen (secondary N) is 1. The molecule has 0 unspecified atom stereocenters. The van der Waals surface area contributed by atoms with Crippen molar-refractivity contribution in [1.29, 1.82) is 0 Å². The van der Waals surface area contributed by atoms with E-state index < -0.39 is 5.97 Å². The number of benzene rings is 1.